The molecule has 7 heteroatoms. The molecule has 0 saturated carbocycles. The van der Waals surface area contributed by atoms with Crippen molar-refractivity contribution in [1.29, 1.82) is 0 Å². The Kier molecular flexibility index (Phi) is 5.76. The average Bonchev–Trinajstić information content (AvgIpc) is 2.92. The second-order valence-corrected chi connectivity index (χ2v) is 8.61. The van der Waals surface area contributed by atoms with Crippen molar-refractivity contribution in [3.8, 4) is 0 Å². The molecular formula is C18H26N2O4S. The van der Waals surface area contributed by atoms with E-state index in [0.717, 1.165) is 25.7 Å². The molecule has 2 fully saturated rings. The van der Waals surface area contributed by atoms with Gasteiger partial charge in [-0.3, -0.25) is 4.79 Å². The third-order valence-electron chi connectivity index (χ3n) is 4.92. The van der Waals surface area contributed by atoms with E-state index in [1.807, 2.05) is 0 Å². The van der Waals surface area contributed by atoms with E-state index in [1.165, 1.54) is 0 Å². The summed E-state index contributed by atoms with van der Waals surface area (Å²) in [6.07, 6.45) is 3.93. The van der Waals surface area contributed by atoms with Gasteiger partial charge in [0.2, 0.25) is 10.0 Å². The molecule has 0 spiro atoms. The Morgan fingerprint density at radius 3 is 2.28 bits per heavy atom. The maximum Gasteiger partial charge on any atom is 0.254 e. The van der Waals surface area contributed by atoms with E-state index in [2.05, 4.69) is 0 Å². The van der Waals surface area contributed by atoms with Gasteiger partial charge in [0, 0.05) is 31.7 Å². The first-order valence-electron chi connectivity index (χ1n) is 8.98. The number of carbonyl (C=O) groups excluding carboxylic acids is 1. The highest BCUT2D eigenvalue weighted by molar-refractivity contribution is 7.89. The molecule has 2 saturated heterocycles. The van der Waals surface area contributed by atoms with Crippen molar-refractivity contribution in [1.82, 2.24) is 9.21 Å². The zero-order chi connectivity index (χ0) is 17.9. The second-order valence-electron chi connectivity index (χ2n) is 6.70. The molecule has 0 radical (unpaired) electrons. The monoisotopic (exact) mass is 366 g/mol. The van der Waals surface area contributed by atoms with Gasteiger partial charge in [-0.2, -0.15) is 4.31 Å². The van der Waals surface area contributed by atoms with Crippen LogP contribution in [0.2, 0.25) is 0 Å². The molecule has 0 N–H and O–H groups in total. The highest BCUT2D eigenvalue weighted by Crippen LogP contribution is 2.24. The third kappa shape index (κ3) is 4.04. The van der Waals surface area contributed by atoms with E-state index in [0.29, 0.717) is 50.5 Å². The minimum Gasteiger partial charge on any atom is -0.378 e. The molecule has 0 bridgehead atoms. The van der Waals surface area contributed by atoms with Crippen LogP contribution in [0.5, 0.6) is 0 Å². The van der Waals surface area contributed by atoms with E-state index >= 15 is 0 Å². The van der Waals surface area contributed by atoms with Gasteiger partial charge in [-0.15, -0.1) is 0 Å². The van der Waals surface area contributed by atoms with Gasteiger partial charge >= 0.3 is 0 Å². The fraction of sp³-hybridized carbons (Fsp3) is 0.611. The molecule has 2 heterocycles. The molecule has 25 heavy (non-hydrogen) atoms. The van der Waals surface area contributed by atoms with Gasteiger partial charge in [0.15, 0.2) is 0 Å². The first kappa shape index (κ1) is 18.4. The van der Waals surface area contributed by atoms with Crippen LogP contribution in [0.15, 0.2) is 23.1 Å². The lowest BCUT2D eigenvalue weighted by molar-refractivity contribution is 0.0302. The number of benzene rings is 1. The van der Waals surface area contributed by atoms with Crippen LogP contribution in [-0.2, 0) is 14.8 Å². The van der Waals surface area contributed by atoms with Gasteiger partial charge in [-0.05, 0) is 37.5 Å². The van der Waals surface area contributed by atoms with Crippen molar-refractivity contribution < 1.29 is 17.9 Å². The van der Waals surface area contributed by atoms with Crippen LogP contribution in [0.25, 0.3) is 0 Å². The first-order chi connectivity index (χ1) is 12.0. The van der Waals surface area contributed by atoms with Gasteiger partial charge < -0.3 is 9.64 Å². The van der Waals surface area contributed by atoms with Crippen LogP contribution < -0.4 is 0 Å². The maximum atomic E-state index is 13.1. The highest BCUT2D eigenvalue weighted by atomic mass is 32.2. The quantitative estimate of drug-likeness (QED) is 0.821. The Morgan fingerprint density at radius 1 is 1.00 bits per heavy atom. The summed E-state index contributed by atoms with van der Waals surface area (Å²) < 4.78 is 33.0. The summed E-state index contributed by atoms with van der Waals surface area (Å²) in [6, 6.07) is 5.00. The minimum absolute atomic E-state index is 0.129. The molecule has 1 aromatic carbocycles. The number of ether oxygens (including phenoxy) is 1. The Morgan fingerprint density at radius 2 is 1.64 bits per heavy atom. The Hall–Kier alpha value is -1.44. The van der Waals surface area contributed by atoms with E-state index in [1.54, 1.807) is 34.3 Å². The summed E-state index contributed by atoms with van der Waals surface area (Å²) in [5.41, 5.74) is 1.11. The summed E-state index contributed by atoms with van der Waals surface area (Å²) in [5.74, 6) is -0.129. The Labute approximate surface area is 149 Å². The predicted molar refractivity (Wildman–Crippen MR) is 95.1 cm³/mol. The summed E-state index contributed by atoms with van der Waals surface area (Å²) in [5, 5.41) is 0. The van der Waals surface area contributed by atoms with Crippen LogP contribution in [-0.4, -0.2) is 62.9 Å². The van der Waals surface area contributed by atoms with E-state index in [4.69, 9.17) is 4.74 Å². The number of hydrogen-bond acceptors (Lipinski definition) is 4. The van der Waals surface area contributed by atoms with E-state index < -0.39 is 10.0 Å². The third-order valence-corrected chi connectivity index (χ3v) is 6.96. The fourth-order valence-corrected chi connectivity index (χ4v) is 5.15. The summed E-state index contributed by atoms with van der Waals surface area (Å²) in [7, 11) is -3.56. The van der Waals surface area contributed by atoms with Crippen molar-refractivity contribution in [2.24, 2.45) is 0 Å². The van der Waals surface area contributed by atoms with Crippen molar-refractivity contribution in [3.63, 3.8) is 0 Å². The van der Waals surface area contributed by atoms with Gasteiger partial charge in [0.05, 0.1) is 18.1 Å². The topological polar surface area (TPSA) is 66.9 Å². The van der Waals surface area contributed by atoms with Crippen molar-refractivity contribution in [2.75, 3.05) is 39.4 Å². The zero-order valence-electron chi connectivity index (χ0n) is 14.7. The molecular weight excluding hydrogens is 340 g/mol. The van der Waals surface area contributed by atoms with Gasteiger partial charge in [0.25, 0.3) is 5.91 Å². The number of hydrogen-bond donors (Lipinski definition) is 0. The molecule has 0 atom stereocenters. The van der Waals surface area contributed by atoms with Crippen LogP contribution in [0.4, 0.5) is 0 Å². The molecule has 0 unspecified atom stereocenters. The lowest BCUT2D eigenvalue weighted by Crippen LogP contribution is -2.40. The summed E-state index contributed by atoms with van der Waals surface area (Å²) >= 11 is 0. The Bertz CT molecular complexity index is 719. The molecule has 2 aliphatic rings. The predicted octanol–water partition coefficient (Wildman–Crippen LogP) is 2.03. The van der Waals surface area contributed by atoms with Crippen molar-refractivity contribution in [3.05, 3.63) is 29.3 Å². The van der Waals surface area contributed by atoms with Gasteiger partial charge in [0.1, 0.15) is 0 Å². The van der Waals surface area contributed by atoms with E-state index in [-0.39, 0.29) is 10.8 Å². The van der Waals surface area contributed by atoms with Crippen LogP contribution in [0.1, 0.15) is 41.6 Å². The maximum absolute atomic E-state index is 13.1. The summed E-state index contributed by atoms with van der Waals surface area (Å²) in [4.78, 5) is 14.7. The minimum atomic E-state index is -3.56. The first-order valence-corrected chi connectivity index (χ1v) is 10.4. The highest BCUT2D eigenvalue weighted by Gasteiger charge is 2.28. The molecule has 1 aromatic rings. The molecule has 1 amide bonds. The van der Waals surface area contributed by atoms with E-state index in [9.17, 15) is 13.2 Å². The number of aryl methyl sites for hydroxylation is 1. The lowest BCUT2D eigenvalue weighted by atomic mass is 10.1. The molecule has 0 aliphatic carbocycles. The summed E-state index contributed by atoms with van der Waals surface area (Å²) in [6.45, 7) is 5.04. The number of rotatable bonds is 3. The van der Waals surface area contributed by atoms with Crippen molar-refractivity contribution >= 4 is 15.9 Å². The fourth-order valence-electron chi connectivity index (χ4n) is 3.38. The standard InChI is InChI=1S/C18H26N2O4S/c1-15-6-7-16(18(21)19-10-12-24-13-11-19)14-17(15)25(22,23)20-8-4-2-3-5-9-20/h6-7,14H,2-5,8-13H2,1H3. The number of sulfonamides is 1. The molecule has 138 valence electrons. The number of amides is 1. The Balaban J connectivity index is 1.89. The van der Waals surface area contributed by atoms with Crippen molar-refractivity contribution in [2.45, 2.75) is 37.5 Å². The number of morpholine rings is 1. The second kappa shape index (κ2) is 7.85. The molecule has 2 aliphatic heterocycles. The van der Waals surface area contributed by atoms with Gasteiger partial charge in [-0.1, -0.05) is 18.9 Å². The zero-order valence-corrected chi connectivity index (χ0v) is 15.6. The molecule has 6 nitrogen and oxygen atoms in total. The number of nitrogens with zero attached hydrogens (tertiary/aromatic N) is 2. The van der Waals surface area contributed by atoms with Crippen LogP contribution >= 0.6 is 0 Å². The van der Waals surface area contributed by atoms with Crippen LogP contribution in [0, 0.1) is 6.92 Å². The average molecular weight is 366 g/mol. The SMILES string of the molecule is Cc1ccc(C(=O)N2CCOCC2)cc1S(=O)(=O)N1CCCCCC1. The van der Waals surface area contributed by atoms with Crippen LogP contribution in [0.3, 0.4) is 0 Å². The normalized spacial score (nSPS) is 20.3. The smallest absolute Gasteiger partial charge is 0.254 e. The molecule has 0 aromatic heterocycles. The number of carbonyl (C=O) groups is 1. The largest absolute Gasteiger partial charge is 0.378 e. The van der Waals surface area contributed by atoms with Gasteiger partial charge in [-0.25, -0.2) is 8.42 Å². The molecule has 3 rings (SSSR count). The lowest BCUT2D eigenvalue weighted by Gasteiger charge is -2.27.